The predicted molar refractivity (Wildman–Crippen MR) is 84.8 cm³/mol. The Morgan fingerprint density at radius 2 is 1.29 bits per heavy atom. The summed E-state index contributed by atoms with van der Waals surface area (Å²) in [6.07, 6.45) is -1.35. The van der Waals surface area contributed by atoms with E-state index in [1.54, 1.807) is 41.5 Å². The number of ether oxygens (including phenoxy) is 2. The SMILES string of the molecule is CC(C)(C)OC(=O)NN(SC(C)(C)C)C(=O)OC(C)(C)C. The number of nitrogens with zero attached hydrogens (tertiary/aromatic N) is 1. The minimum absolute atomic E-state index is 0.286. The second-order valence-corrected chi connectivity index (χ2v) is 9.36. The monoisotopic (exact) mass is 320 g/mol. The molecule has 0 aromatic carbocycles. The van der Waals surface area contributed by atoms with Crippen LogP contribution in [0.3, 0.4) is 0 Å². The first-order chi connectivity index (χ1) is 9.09. The summed E-state index contributed by atoms with van der Waals surface area (Å²) in [6.45, 7) is 16.3. The van der Waals surface area contributed by atoms with Gasteiger partial charge in [-0.3, -0.25) is 0 Å². The lowest BCUT2D eigenvalue weighted by Crippen LogP contribution is -2.47. The van der Waals surface area contributed by atoms with Gasteiger partial charge in [-0.1, -0.05) is 0 Å². The van der Waals surface area contributed by atoms with Crippen LogP contribution in [0, 0.1) is 0 Å². The minimum Gasteiger partial charge on any atom is -0.443 e. The summed E-state index contributed by atoms with van der Waals surface area (Å²) in [5.74, 6) is 0. The maximum atomic E-state index is 12.2. The van der Waals surface area contributed by atoms with Crippen LogP contribution in [0.1, 0.15) is 62.3 Å². The van der Waals surface area contributed by atoms with Gasteiger partial charge in [0, 0.05) is 4.75 Å². The van der Waals surface area contributed by atoms with E-state index in [-0.39, 0.29) is 4.75 Å². The molecule has 0 aliphatic heterocycles. The van der Waals surface area contributed by atoms with Crippen molar-refractivity contribution >= 4 is 24.1 Å². The summed E-state index contributed by atoms with van der Waals surface area (Å²) in [5, 5.41) is 0. The molecule has 0 aromatic heterocycles. The first kappa shape index (κ1) is 19.9. The van der Waals surface area contributed by atoms with E-state index in [1.807, 2.05) is 20.8 Å². The molecule has 0 aliphatic carbocycles. The zero-order chi connectivity index (χ0) is 17.1. The molecule has 0 atom stereocenters. The highest BCUT2D eigenvalue weighted by Crippen LogP contribution is 2.27. The fourth-order valence-corrected chi connectivity index (χ4v) is 1.85. The van der Waals surface area contributed by atoms with Gasteiger partial charge >= 0.3 is 12.2 Å². The first-order valence-corrected chi connectivity index (χ1v) is 7.58. The van der Waals surface area contributed by atoms with Gasteiger partial charge in [-0.25, -0.2) is 15.0 Å². The largest absolute Gasteiger partial charge is 0.443 e. The van der Waals surface area contributed by atoms with Crippen molar-refractivity contribution in [2.24, 2.45) is 0 Å². The number of hydrogen-bond donors (Lipinski definition) is 1. The molecule has 1 N–H and O–H groups in total. The van der Waals surface area contributed by atoms with Crippen molar-refractivity contribution in [3.05, 3.63) is 0 Å². The van der Waals surface area contributed by atoms with Gasteiger partial charge in [0.05, 0.1) is 0 Å². The normalized spacial score (nSPS) is 12.6. The molecule has 2 amide bonds. The van der Waals surface area contributed by atoms with Crippen molar-refractivity contribution in [1.82, 2.24) is 9.84 Å². The maximum Gasteiger partial charge on any atom is 0.440 e. The molecule has 0 fully saturated rings. The Labute approximate surface area is 132 Å². The number of carbonyl (C=O) groups is 2. The highest BCUT2D eigenvalue weighted by molar-refractivity contribution is 7.98. The van der Waals surface area contributed by atoms with Gasteiger partial charge in [-0.15, -0.1) is 0 Å². The summed E-state index contributed by atoms with van der Waals surface area (Å²) in [4.78, 5) is 24.0. The van der Waals surface area contributed by atoms with E-state index in [1.165, 1.54) is 0 Å². The fourth-order valence-electron chi connectivity index (χ4n) is 1.07. The second-order valence-electron chi connectivity index (χ2n) is 7.59. The van der Waals surface area contributed by atoms with Gasteiger partial charge in [0.1, 0.15) is 11.2 Å². The molecule has 0 aromatic rings. The standard InChI is InChI=1S/C14H28N2O4S/c1-12(2,3)19-10(17)15-16(21-14(7,8)9)11(18)20-13(4,5)6/h1-9H3,(H,15,17). The molecule has 124 valence electrons. The lowest BCUT2D eigenvalue weighted by molar-refractivity contribution is 0.0207. The topological polar surface area (TPSA) is 67.9 Å². The van der Waals surface area contributed by atoms with E-state index in [2.05, 4.69) is 5.43 Å². The van der Waals surface area contributed by atoms with Crippen molar-refractivity contribution in [2.75, 3.05) is 0 Å². The van der Waals surface area contributed by atoms with Crippen molar-refractivity contribution in [1.29, 1.82) is 0 Å². The molecule has 0 heterocycles. The molecule has 0 aliphatic rings. The lowest BCUT2D eigenvalue weighted by Gasteiger charge is -2.31. The molecule has 0 saturated carbocycles. The number of rotatable bonds is 1. The molecular formula is C14H28N2O4S. The summed E-state index contributed by atoms with van der Waals surface area (Å²) >= 11 is 1.15. The van der Waals surface area contributed by atoms with Gasteiger partial charge in [-0.05, 0) is 74.3 Å². The highest BCUT2D eigenvalue weighted by atomic mass is 32.2. The molecule has 0 unspecified atom stereocenters. The third-order valence-electron chi connectivity index (χ3n) is 1.52. The van der Waals surface area contributed by atoms with Crippen molar-refractivity contribution in [2.45, 2.75) is 78.3 Å². The minimum atomic E-state index is -0.704. The van der Waals surface area contributed by atoms with E-state index >= 15 is 0 Å². The van der Waals surface area contributed by atoms with Gasteiger partial charge < -0.3 is 9.47 Å². The lowest BCUT2D eigenvalue weighted by atomic mass is 10.2. The Morgan fingerprint density at radius 3 is 1.62 bits per heavy atom. The van der Waals surface area contributed by atoms with Gasteiger partial charge in [-0.2, -0.15) is 4.41 Å². The van der Waals surface area contributed by atoms with Crippen LogP contribution < -0.4 is 5.43 Å². The van der Waals surface area contributed by atoms with E-state index in [0.717, 1.165) is 16.4 Å². The maximum absolute atomic E-state index is 12.2. The van der Waals surface area contributed by atoms with Gasteiger partial charge in [0.2, 0.25) is 0 Å². The van der Waals surface area contributed by atoms with Crippen molar-refractivity contribution < 1.29 is 19.1 Å². The Balaban J connectivity index is 4.91. The first-order valence-electron chi connectivity index (χ1n) is 6.81. The van der Waals surface area contributed by atoms with Crippen LogP contribution in [-0.4, -0.2) is 32.5 Å². The summed E-state index contributed by atoms with van der Waals surface area (Å²) in [6, 6.07) is 0. The number of amides is 2. The van der Waals surface area contributed by atoms with Crippen molar-refractivity contribution in [3.63, 3.8) is 0 Å². The Bertz CT molecular complexity index is 378. The van der Waals surface area contributed by atoms with E-state index in [4.69, 9.17) is 9.47 Å². The van der Waals surface area contributed by atoms with Gasteiger partial charge in [0.25, 0.3) is 0 Å². The third-order valence-corrected chi connectivity index (χ3v) is 2.49. The Morgan fingerprint density at radius 1 is 0.857 bits per heavy atom. The van der Waals surface area contributed by atoms with Crippen molar-refractivity contribution in [3.8, 4) is 0 Å². The van der Waals surface area contributed by atoms with Crippen LogP contribution in [0.25, 0.3) is 0 Å². The number of carbonyl (C=O) groups excluding carboxylic acids is 2. The van der Waals surface area contributed by atoms with E-state index in [9.17, 15) is 9.59 Å². The third kappa shape index (κ3) is 11.2. The average molecular weight is 320 g/mol. The molecule has 0 saturated heterocycles. The van der Waals surface area contributed by atoms with E-state index in [0.29, 0.717) is 0 Å². The zero-order valence-electron chi connectivity index (χ0n) is 14.5. The zero-order valence-corrected chi connectivity index (χ0v) is 15.3. The quantitative estimate of drug-likeness (QED) is 0.581. The average Bonchev–Trinajstić information content (AvgIpc) is 2.07. The summed E-state index contributed by atoms with van der Waals surface area (Å²) < 4.78 is 11.2. The summed E-state index contributed by atoms with van der Waals surface area (Å²) in [7, 11) is 0. The second kappa shape index (κ2) is 6.77. The van der Waals surface area contributed by atoms with E-state index < -0.39 is 23.4 Å². The molecule has 7 heteroatoms. The van der Waals surface area contributed by atoms with Crippen LogP contribution in [0.5, 0.6) is 0 Å². The number of nitrogens with one attached hydrogen (secondary N) is 1. The van der Waals surface area contributed by atoms with Gasteiger partial charge in [0.15, 0.2) is 0 Å². The summed E-state index contributed by atoms with van der Waals surface area (Å²) in [5.41, 5.74) is 1.12. The molecule has 0 bridgehead atoms. The molecule has 0 rings (SSSR count). The number of hydrogen-bond acceptors (Lipinski definition) is 5. The Hall–Kier alpha value is -1.11. The highest BCUT2D eigenvalue weighted by Gasteiger charge is 2.30. The Kier molecular flexibility index (Phi) is 6.41. The predicted octanol–water partition coefficient (Wildman–Crippen LogP) is 4.11. The molecular weight excluding hydrogens is 292 g/mol. The number of hydrazine groups is 1. The molecule has 6 nitrogen and oxygen atoms in total. The fraction of sp³-hybridized carbons (Fsp3) is 0.857. The van der Waals surface area contributed by atoms with Crippen LogP contribution in [0.2, 0.25) is 0 Å². The molecule has 0 radical (unpaired) electrons. The molecule has 0 spiro atoms. The smallest absolute Gasteiger partial charge is 0.440 e. The van der Waals surface area contributed by atoms with Crippen LogP contribution in [0.15, 0.2) is 0 Å². The van der Waals surface area contributed by atoms with Crippen LogP contribution in [-0.2, 0) is 9.47 Å². The van der Waals surface area contributed by atoms with Crippen LogP contribution >= 0.6 is 11.9 Å². The molecule has 21 heavy (non-hydrogen) atoms. The van der Waals surface area contributed by atoms with Crippen LogP contribution in [0.4, 0.5) is 9.59 Å².